The van der Waals surface area contributed by atoms with E-state index in [4.69, 9.17) is 21.3 Å². The van der Waals surface area contributed by atoms with E-state index >= 15 is 0 Å². The van der Waals surface area contributed by atoms with Crippen LogP contribution in [0.2, 0.25) is 5.15 Å². The number of halogens is 1. The number of aromatic nitrogens is 1. The lowest BCUT2D eigenvalue weighted by Crippen LogP contribution is -2.65. The summed E-state index contributed by atoms with van der Waals surface area (Å²) < 4.78 is 6.22. The maximum absolute atomic E-state index is 14.3. The summed E-state index contributed by atoms with van der Waals surface area (Å²) >= 11 is 6.51. The van der Waals surface area contributed by atoms with E-state index < -0.39 is 5.41 Å². The highest BCUT2D eigenvalue weighted by atomic mass is 35.5. The summed E-state index contributed by atoms with van der Waals surface area (Å²) in [6.07, 6.45) is 10.9. The van der Waals surface area contributed by atoms with Crippen molar-refractivity contribution in [1.29, 1.82) is 5.26 Å². The van der Waals surface area contributed by atoms with Gasteiger partial charge in [-0.15, -0.1) is 0 Å². The molecule has 1 aromatic carbocycles. The molecule has 4 nitrogen and oxygen atoms in total. The van der Waals surface area contributed by atoms with Crippen LogP contribution in [0.5, 0.6) is 0 Å². The number of esters is 1. The second-order valence-corrected chi connectivity index (χ2v) is 17.6. The molecule has 0 saturated heterocycles. The van der Waals surface area contributed by atoms with Crippen LogP contribution in [0.4, 0.5) is 0 Å². The molecule has 0 spiro atoms. The fourth-order valence-corrected chi connectivity index (χ4v) is 12.6. The highest BCUT2D eigenvalue weighted by Crippen LogP contribution is 2.75. The summed E-state index contributed by atoms with van der Waals surface area (Å²) in [5.41, 5.74) is 4.99. The topological polar surface area (TPSA) is 63.0 Å². The van der Waals surface area contributed by atoms with Crippen LogP contribution in [-0.4, -0.2) is 11.0 Å². The van der Waals surface area contributed by atoms with Crippen LogP contribution in [-0.2, 0) is 28.0 Å². The summed E-state index contributed by atoms with van der Waals surface area (Å²) in [4.78, 5) is 19.2. The van der Waals surface area contributed by atoms with E-state index in [1.165, 1.54) is 12.0 Å². The van der Waals surface area contributed by atoms with Gasteiger partial charge in [0.05, 0.1) is 16.7 Å². The Labute approximate surface area is 281 Å². The molecular formula is C41H51ClN2O2. The smallest absolute Gasteiger partial charge is 0.313 e. The average Bonchev–Trinajstić information content (AvgIpc) is 3.02. The van der Waals surface area contributed by atoms with Gasteiger partial charge in [-0.05, 0) is 114 Å². The van der Waals surface area contributed by atoms with Gasteiger partial charge in [-0.2, -0.15) is 5.26 Å². The lowest BCUT2D eigenvalue weighted by atomic mass is 9.33. The van der Waals surface area contributed by atoms with E-state index in [1.54, 1.807) is 5.57 Å². The average molecular weight is 639 g/mol. The predicted octanol–water partition coefficient (Wildman–Crippen LogP) is 10.0. The molecule has 3 fully saturated rings. The van der Waals surface area contributed by atoms with Gasteiger partial charge in [0, 0.05) is 5.41 Å². The van der Waals surface area contributed by atoms with Crippen molar-refractivity contribution < 1.29 is 9.53 Å². The van der Waals surface area contributed by atoms with Crippen LogP contribution in [0.1, 0.15) is 116 Å². The maximum Gasteiger partial charge on any atom is 0.313 e. The number of benzene rings is 1. The third-order valence-electron chi connectivity index (χ3n) is 15.1. The van der Waals surface area contributed by atoms with Crippen molar-refractivity contribution in [2.75, 3.05) is 0 Å². The van der Waals surface area contributed by atoms with Gasteiger partial charge in [-0.25, -0.2) is 4.98 Å². The minimum absolute atomic E-state index is 0.0174. The minimum Gasteiger partial charge on any atom is -0.460 e. The van der Waals surface area contributed by atoms with Crippen LogP contribution in [0.25, 0.3) is 0 Å². The van der Waals surface area contributed by atoms with Gasteiger partial charge in [0.15, 0.2) is 0 Å². The number of pyridine rings is 1. The van der Waals surface area contributed by atoms with Crippen molar-refractivity contribution in [3.63, 3.8) is 0 Å². The zero-order chi connectivity index (χ0) is 32.9. The van der Waals surface area contributed by atoms with Crippen LogP contribution in [0, 0.1) is 62.6 Å². The first-order chi connectivity index (χ1) is 21.7. The van der Waals surface area contributed by atoms with Crippen LogP contribution < -0.4 is 0 Å². The summed E-state index contributed by atoms with van der Waals surface area (Å²) in [5.74, 6) is 2.22. The minimum atomic E-state index is -0.444. The van der Waals surface area contributed by atoms with Crippen LogP contribution in [0.3, 0.4) is 0 Å². The molecule has 244 valence electrons. The zero-order valence-corrected chi connectivity index (χ0v) is 29.6. The van der Waals surface area contributed by atoms with Crippen LogP contribution >= 0.6 is 11.6 Å². The fourth-order valence-electron chi connectivity index (χ4n) is 12.4. The number of carbonyl (C=O) groups is 1. The van der Waals surface area contributed by atoms with Gasteiger partial charge in [0.2, 0.25) is 0 Å². The van der Waals surface area contributed by atoms with Gasteiger partial charge in [0.25, 0.3) is 0 Å². The zero-order valence-electron chi connectivity index (χ0n) is 28.9. The monoisotopic (exact) mass is 638 g/mol. The Morgan fingerprint density at radius 3 is 2.48 bits per heavy atom. The Bertz CT molecular complexity index is 1640. The van der Waals surface area contributed by atoms with Crippen molar-refractivity contribution in [3.05, 3.63) is 75.6 Å². The molecule has 46 heavy (non-hydrogen) atoms. The Balaban J connectivity index is 1.28. The van der Waals surface area contributed by atoms with Gasteiger partial charge < -0.3 is 4.74 Å². The number of hydrogen-bond donors (Lipinski definition) is 0. The lowest BCUT2D eigenvalue weighted by molar-refractivity contribution is -0.184. The number of fused-ring (bicyclic) bond motifs is 8. The molecular weight excluding hydrogens is 588 g/mol. The molecule has 0 unspecified atom stereocenters. The van der Waals surface area contributed by atoms with E-state index in [-0.39, 0.29) is 33.5 Å². The predicted molar refractivity (Wildman–Crippen MR) is 183 cm³/mol. The molecule has 1 heterocycles. The molecule has 3 saturated carbocycles. The van der Waals surface area contributed by atoms with Gasteiger partial charge in [0.1, 0.15) is 17.8 Å². The SMILES string of the molecule is C[C@@H]1[C@H]2C3=CC[C@H]4[C@]5(C)Cc6cc(C#N)c(Cl)nc6C(C)(C)[C@H]5CC[C@]4(C)[C@]3(C)CC[C@@]2(C(=O)OCc2ccccc2)CC[C@@H]1C. The third kappa shape index (κ3) is 4.22. The van der Waals surface area contributed by atoms with Crippen molar-refractivity contribution >= 4 is 17.6 Å². The Hall–Kier alpha value is -2.64. The number of nitriles is 1. The molecule has 0 bridgehead atoms. The van der Waals surface area contributed by atoms with Crippen molar-refractivity contribution in [3.8, 4) is 6.07 Å². The van der Waals surface area contributed by atoms with Crippen molar-refractivity contribution in [2.45, 2.75) is 112 Å². The molecule has 5 heteroatoms. The van der Waals surface area contributed by atoms with Crippen molar-refractivity contribution in [2.24, 2.45) is 51.2 Å². The molecule has 0 aliphatic heterocycles. The number of allylic oxidation sites excluding steroid dienone is 2. The Morgan fingerprint density at radius 1 is 1.02 bits per heavy atom. The quantitative estimate of drug-likeness (QED) is 0.191. The second kappa shape index (κ2) is 10.7. The molecule has 5 aliphatic rings. The molecule has 2 aromatic rings. The highest BCUT2D eigenvalue weighted by molar-refractivity contribution is 6.30. The van der Waals surface area contributed by atoms with Gasteiger partial charge in [-0.3, -0.25) is 4.79 Å². The van der Waals surface area contributed by atoms with E-state index in [2.05, 4.69) is 60.6 Å². The van der Waals surface area contributed by atoms with E-state index in [1.807, 2.05) is 36.4 Å². The molecule has 0 N–H and O–H groups in total. The van der Waals surface area contributed by atoms with Gasteiger partial charge in [-0.1, -0.05) is 102 Å². The summed E-state index contributed by atoms with van der Waals surface area (Å²) in [7, 11) is 0. The second-order valence-electron chi connectivity index (χ2n) is 17.2. The van der Waals surface area contributed by atoms with E-state index in [0.717, 1.165) is 56.2 Å². The first-order valence-electron chi connectivity index (χ1n) is 17.7. The largest absolute Gasteiger partial charge is 0.460 e. The number of nitrogens with zero attached hydrogens (tertiary/aromatic N) is 2. The molecule has 5 aliphatic carbocycles. The molecule has 0 amide bonds. The van der Waals surface area contributed by atoms with Crippen molar-refractivity contribution in [1.82, 2.24) is 4.98 Å². The first-order valence-corrected chi connectivity index (χ1v) is 18.1. The standard InChI is InChI=1S/C41H51ClN2O2/c1-25-15-18-41(36(45)46-24-27-11-9-8-10-12-27)20-19-39(6)30(33(41)26(25)2)13-14-32-38(5)22-28-21-29(23-43)35(42)44-34(28)37(3,4)31(38)16-17-40(32,39)7/h8-13,21,25-26,31-33H,14-20,22,24H2,1-7H3/t25-,26-,31+,32-,33-,38+,39+,40-,41-/m0/s1. The number of hydrogen-bond acceptors (Lipinski definition) is 4. The summed E-state index contributed by atoms with van der Waals surface area (Å²) in [5, 5.41) is 10.1. The normalized spacial score (nSPS) is 40.5. The highest BCUT2D eigenvalue weighted by Gasteiger charge is 2.69. The molecule has 7 rings (SSSR count). The fraction of sp³-hybridized carbons (Fsp3) is 0.634. The van der Waals surface area contributed by atoms with Gasteiger partial charge >= 0.3 is 5.97 Å². The Kier molecular flexibility index (Phi) is 7.42. The van der Waals surface area contributed by atoms with E-state index in [9.17, 15) is 10.1 Å². The number of rotatable bonds is 3. The summed E-state index contributed by atoms with van der Waals surface area (Å²) in [6, 6.07) is 14.4. The molecule has 0 radical (unpaired) electrons. The first kappa shape index (κ1) is 31.9. The number of ether oxygens (including phenoxy) is 1. The summed E-state index contributed by atoms with van der Waals surface area (Å²) in [6.45, 7) is 17.6. The number of carbonyl (C=O) groups excluding carboxylic acids is 1. The maximum atomic E-state index is 14.3. The van der Waals surface area contributed by atoms with Crippen LogP contribution in [0.15, 0.2) is 48.0 Å². The lowest BCUT2D eigenvalue weighted by Gasteiger charge is -2.71. The molecule has 9 atom stereocenters. The van der Waals surface area contributed by atoms with E-state index in [0.29, 0.717) is 41.0 Å². The third-order valence-corrected chi connectivity index (χ3v) is 15.4. The molecule has 1 aromatic heterocycles. The Morgan fingerprint density at radius 2 is 1.76 bits per heavy atom.